The predicted octanol–water partition coefficient (Wildman–Crippen LogP) is 7.34. The summed E-state index contributed by atoms with van der Waals surface area (Å²) in [6.07, 6.45) is 1.96. The van der Waals surface area contributed by atoms with Crippen molar-refractivity contribution >= 4 is 45.7 Å². The van der Waals surface area contributed by atoms with Gasteiger partial charge >= 0.3 is 5.91 Å². The lowest BCUT2D eigenvalue weighted by molar-refractivity contribution is -0.132. The van der Waals surface area contributed by atoms with E-state index in [1.807, 2.05) is 13.8 Å². The maximum Gasteiger partial charge on any atom is 0.301 e. The molecule has 1 unspecified atom stereocenters. The van der Waals surface area contributed by atoms with Crippen LogP contribution in [-0.4, -0.2) is 40.2 Å². The molecular weight excluding hydrogens is 583 g/mol. The van der Waals surface area contributed by atoms with Gasteiger partial charge in [-0.05, 0) is 67.8 Å². The van der Waals surface area contributed by atoms with E-state index in [9.17, 15) is 14.7 Å². The standard InChI is InChI=1S/C33H33N3O5S2/c1-4-6-19-41-26-17-13-24(14-18-26)29(37)27-28(23-11-15-25(16-12-23)40-5-2)36(31(39)30(27)38)32-34-35-33(43-32)42-20-22-9-7-21(3)8-10-22/h7-18,28,37H,4-6,19-20H2,1-3H3. The highest BCUT2D eigenvalue weighted by molar-refractivity contribution is 8.00. The molecule has 0 aliphatic carbocycles. The number of amides is 1. The van der Waals surface area contributed by atoms with Crippen molar-refractivity contribution in [2.75, 3.05) is 18.1 Å². The summed E-state index contributed by atoms with van der Waals surface area (Å²) in [5.74, 6) is 0.188. The van der Waals surface area contributed by atoms with Crippen LogP contribution in [-0.2, 0) is 15.3 Å². The molecule has 1 N–H and O–H groups in total. The summed E-state index contributed by atoms with van der Waals surface area (Å²) in [6, 6.07) is 21.4. The first-order valence-electron chi connectivity index (χ1n) is 14.2. The Hall–Kier alpha value is -4.15. The monoisotopic (exact) mass is 615 g/mol. The average molecular weight is 616 g/mol. The van der Waals surface area contributed by atoms with Crippen molar-refractivity contribution in [3.05, 3.63) is 101 Å². The van der Waals surface area contributed by atoms with Gasteiger partial charge in [-0.1, -0.05) is 78.4 Å². The van der Waals surface area contributed by atoms with Crippen molar-refractivity contribution in [3.63, 3.8) is 0 Å². The molecule has 0 radical (unpaired) electrons. The van der Waals surface area contributed by atoms with E-state index in [1.54, 1.807) is 48.5 Å². The van der Waals surface area contributed by atoms with E-state index >= 15 is 0 Å². The van der Waals surface area contributed by atoms with Crippen molar-refractivity contribution in [2.24, 2.45) is 0 Å². The molecule has 10 heteroatoms. The molecule has 4 aromatic rings. The highest BCUT2D eigenvalue weighted by atomic mass is 32.2. The summed E-state index contributed by atoms with van der Waals surface area (Å²) in [5.41, 5.74) is 3.35. The first kappa shape index (κ1) is 30.3. The Balaban J connectivity index is 1.48. The van der Waals surface area contributed by atoms with E-state index in [1.165, 1.54) is 33.6 Å². The Morgan fingerprint density at radius 2 is 1.60 bits per heavy atom. The van der Waals surface area contributed by atoms with Crippen molar-refractivity contribution in [3.8, 4) is 11.5 Å². The number of aryl methyl sites for hydroxylation is 1. The van der Waals surface area contributed by atoms with Crippen LogP contribution >= 0.6 is 23.1 Å². The third-order valence-corrected chi connectivity index (χ3v) is 9.06. The Morgan fingerprint density at radius 3 is 2.28 bits per heavy atom. The van der Waals surface area contributed by atoms with Crippen LogP contribution in [0.25, 0.3) is 5.76 Å². The van der Waals surface area contributed by atoms with Crippen molar-refractivity contribution in [1.29, 1.82) is 0 Å². The van der Waals surface area contributed by atoms with Crippen LogP contribution in [0.4, 0.5) is 5.13 Å². The van der Waals surface area contributed by atoms with Gasteiger partial charge in [-0.2, -0.15) is 0 Å². The normalized spacial score (nSPS) is 16.1. The van der Waals surface area contributed by atoms with Crippen molar-refractivity contribution in [2.45, 2.75) is 49.7 Å². The number of anilines is 1. The van der Waals surface area contributed by atoms with Crippen LogP contribution in [0.3, 0.4) is 0 Å². The summed E-state index contributed by atoms with van der Waals surface area (Å²) in [7, 11) is 0. The summed E-state index contributed by atoms with van der Waals surface area (Å²) in [6.45, 7) is 7.13. The molecule has 0 spiro atoms. The maximum atomic E-state index is 13.5. The molecule has 43 heavy (non-hydrogen) atoms. The van der Waals surface area contributed by atoms with Gasteiger partial charge in [-0.15, -0.1) is 10.2 Å². The van der Waals surface area contributed by atoms with Crippen molar-refractivity contribution < 1.29 is 24.2 Å². The number of carbonyl (C=O) groups is 2. The Bertz CT molecular complexity index is 1600. The first-order valence-corrected chi connectivity index (χ1v) is 16.0. The molecule has 0 saturated carbocycles. The van der Waals surface area contributed by atoms with Gasteiger partial charge < -0.3 is 14.6 Å². The van der Waals surface area contributed by atoms with Gasteiger partial charge in [0.15, 0.2) is 4.34 Å². The second-order valence-corrected chi connectivity index (χ2v) is 12.2. The third kappa shape index (κ3) is 6.92. The van der Waals surface area contributed by atoms with E-state index in [0.717, 1.165) is 18.4 Å². The van der Waals surface area contributed by atoms with E-state index < -0.39 is 17.7 Å². The molecule has 1 aliphatic heterocycles. The smallest absolute Gasteiger partial charge is 0.301 e. The minimum atomic E-state index is -0.904. The molecule has 2 heterocycles. The molecule has 1 fully saturated rings. The minimum absolute atomic E-state index is 0.0159. The fourth-order valence-corrected chi connectivity index (χ4v) is 6.47. The van der Waals surface area contributed by atoms with Crippen LogP contribution in [0.15, 0.2) is 82.7 Å². The Morgan fingerprint density at radius 1 is 0.930 bits per heavy atom. The maximum absolute atomic E-state index is 13.5. The molecule has 5 rings (SSSR count). The molecule has 1 aromatic heterocycles. The topological polar surface area (TPSA) is 102 Å². The zero-order valence-corrected chi connectivity index (χ0v) is 25.9. The number of rotatable bonds is 12. The van der Waals surface area contributed by atoms with Crippen LogP contribution in [0.1, 0.15) is 55.0 Å². The number of benzene rings is 3. The highest BCUT2D eigenvalue weighted by Crippen LogP contribution is 2.44. The van der Waals surface area contributed by atoms with E-state index in [4.69, 9.17) is 9.47 Å². The van der Waals surface area contributed by atoms with Crippen LogP contribution in [0, 0.1) is 6.92 Å². The lowest BCUT2D eigenvalue weighted by Crippen LogP contribution is -2.29. The summed E-state index contributed by atoms with van der Waals surface area (Å²) >= 11 is 2.75. The van der Waals surface area contributed by atoms with E-state index in [-0.39, 0.29) is 16.5 Å². The molecular formula is C33H33N3O5S2. The summed E-state index contributed by atoms with van der Waals surface area (Å²) < 4.78 is 12.0. The van der Waals surface area contributed by atoms with Gasteiger partial charge in [0.25, 0.3) is 5.78 Å². The third-order valence-electron chi connectivity index (χ3n) is 6.93. The van der Waals surface area contributed by atoms with Crippen LogP contribution in [0.5, 0.6) is 11.5 Å². The van der Waals surface area contributed by atoms with Crippen LogP contribution < -0.4 is 14.4 Å². The Labute approximate surface area is 259 Å². The molecule has 0 bridgehead atoms. The lowest BCUT2D eigenvalue weighted by atomic mass is 9.95. The number of aromatic nitrogens is 2. The van der Waals surface area contributed by atoms with Gasteiger partial charge in [0, 0.05) is 11.3 Å². The summed E-state index contributed by atoms with van der Waals surface area (Å²) in [5, 5.41) is 20.3. The first-order chi connectivity index (χ1) is 20.9. The Kier molecular flexibility index (Phi) is 9.79. The zero-order valence-electron chi connectivity index (χ0n) is 24.3. The lowest BCUT2D eigenvalue weighted by Gasteiger charge is -2.22. The molecule has 1 amide bonds. The van der Waals surface area contributed by atoms with Gasteiger partial charge in [-0.3, -0.25) is 14.5 Å². The van der Waals surface area contributed by atoms with E-state index in [2.05, 4.69) is 41.4 Å². The fraction of sp³-hybridized carbons (Fsp3) is 0.273. The van der Waals surface area contributed by atoms with Gasteiger partial charge in [-0.25, -0.2) is 0 Å². The average Bonchev–Trinajstić information content (AvgIpc) is 3.59. The summed E-state index contributed by atoms with van der Waals surface area (Å²) in [4.78, 5) is 28.4. The van der Waals surface area contributed by atoms with Crippen LogP contribution in [0.2, 0.25) is 0 Å². The number of carbonyl (C=O) groups excluding carboxylic acids is 2. The SMILES string of the molecule is CCCCOc1ccc(C(O)=C2C(=O)C(=O)N(c3nnc(SCc4ccc(C)cc4)s3)C2c2ccc(OCC)cc2)cc1. The molecule has 1 saturated heterocycles. The van der Waals surface area contributed by atoms with Crippen molar-refractivity contribution in [1.82, 2.24) is 10.2 Å². The molecule has 1 aliphatic rings. The fourth-order valence-electron chi connectivity index (χ4n) is 4.64. The molecule has 1 atom stereocenters. The minimum Gasteiger partial charge on any atom is -0.507 e. The quantitative estimate of drug-likeness (QED) is 0.0441. The zero-order chi connectivity index (χ0) is 30.3. The van der Waals surface area contributed by atoms with Gasteiger partial charge in [0.05, 0.1) is 24.8 Å². The number of hydrogen-bond donors (Lipinski definition) is 1. The number of ketones is 1. The number of ether oxygens (including phenoxy) is 2. The molecule has 3 aromatic carbocycles. The van der Waals surface area contributed by atoms with E-state index in [0.29, 0.717) is 45.9 Å². The van der Waals surface area contributed by atoms with Gasteiger partial charge in [0.2, 0.25) is 5.13 Å². The number of aliphatic hydroxyl groups excluding tert-OH is 1. The number of thioether (sulfide) groups is 1. The molecule has 8 nitrogen and oxygen atoms in total. The predicted molar refractivity (Wildman–Crippen MR) is 170 cm³/mol. The van der Waals surface area contributed by atoms with Gasteiger partial charge in [0.1, 0.15) is 17.3 Å². The second-order valence-electron chi connectivity index (χ2n) is 10.0. The number of Topliss-reactive ketones (excluding diaryl/α,β-unsaturated/α-hetero) is 1. The number of unbranched alkanes of at least 4 members (excludes halogenated alkanes) is 1. The number of nitrogens with zero attached hydrogens (tertiary/aromatic N) is 3. The largest absolute Gasteiger partial charge is 0.507 e. The number of aliphatic hydroxyl groups is 1. The second kappa shape index (κ2) is 13.9. The molecule has 222 valence electrons. The highest BCUT2D eigenvalue weighted by Gasteiger charge is 2.48. The number of hydrogen-bond acceptors (Lipinski definition) is 9.